The summed E-state index contributed by atoms with van der Waals surface area (Å²) >= 11 is 1.37. The fourth-order valence-electron chi connectivity index (χ4n) is 4.29. The molecule has 0 bridgehead atoms. The Morgan fingerprint density at radius 1 is 1.13 bits per heavy atom. The second-order valence-corrected chi connectivity index (χ2v) is 9.22. The third kappa shape index (κ3) is 5.63. The molecule has 2 fully saturated rings. The van der Waals surface area contributed by atoms with Gasteiger partial charge in [0.05, 0.1) is 19.8 Å². The Kier molecular flexibility index (Phi) is 7.43. The maximum Gasteiger partial charge on any atom is 0.282 e. The van der Waals surface area contributed by atoms with Crippen molar-refractivity contribution in [3.05, 3.63) is 45.4 Å². The quantitative estimate of drug-likeness (QED) is 0.704. The van der Waals surface area contributed by atoms with Gasteiger partial charge >= 0.3 is 0 Å². The number of nitrogens with one attached hydrogen (secondary N) is 2. The summed E-state index contributed by atoms with van der Waals surface area (Å²) in [6, 6.07) is 9.17. The summed E-state index contributed by atoms with van der Waals surface area (Å²) < 4.78 is 5.52. The molecule has 1 saturated carbocycles. The summed E-state index contributed by atoms with van der Waals surface area (Å²) in [4.78, 5) is 15.0. The lowest BCUT2D eigenvalue weighted by Gasteiger charge is -2.42. The molecule has 2 N–H and O–H groups in total. The number of ether oxygens (including phenoxy) is 1. The van der Waals surface area contributed by atoms with Crippen LogP contribution in [0.1, 0.15) is 51.6 Å². The van der Waals surface area contributed by atoms with Gasteiger partial charge in [-0.25, -0.2) is 0 Å². The summed E-state index contributed by atoms with van der Waals surface area (Å²) in [7, 11) is 0. The van der Waals surface area contributed by atoms with Gasteiger partial charge in [0.25, 0.3) is 5.91 Å². The molecule has 0 unspecified atom stereocenters. The van der Waals surface area contributed by atoms with E-state index in [-0.39, 0.29) is 5.91 Å². The lowest BCUT2D eigenvalue weighted by molar-refractivity contribution is -0.000472. The number of aromatic nitrogens is 2. The van der Waals surface area contributed by atoms with E-state index in [4.69, 9.17) is 4.74 Å². The standard InChI is InChI=1S/C22H31N5O2S/c1-16-6-8-17(9-7-16)14-24-21(28)22-26-25-20(30-22)15-23-18-4-2-3-5-19(18)27-10-12-29-13-11-27/h6-9,18-19,23H,2-5,10-15H2,1H3,(H,24,28)/t18-,19+/m1/s1. The Bertz CT molecular complexity index is 819. The van der Waals surface area contributed by atoms with Crippen molar-refractivity contribution < 1.29 is 9.53 Å². The zero-order valence-electron chi connectivity index (χ0n) is 17.6. The highest BCUT2D eigenvalue weighted by Crippen LogP contribution is 2.24. The molecule has 8 heteroatoms. The molecule has 1 aromatic heterocycles. The fourth-order valence-corrected chi connectivity index (χ4v) is 5.00. The second-order valence-electron chi connectivity index (χ2n) is 8.16. The van der Waals surface area contributed by atoms with E-state index >= 15 is 0 Å². The number of aryl methyl sites for hydroxylation is 1. The van der Waals surface area contributed by atoms with E-state index in [0.717, 1.165) is 36.9 Å². The number of carbonyl (C=O) groups excluding carboxylic acids is 1. The molecule has 2 heterocycles. The van der Waals surface area contributed by atoms with Crippen LogP contribution in [0.25, 0.3) is 0 Å². The van der Waals surface area contributed by atoms with Crippen molar-refractivity contribution in [2.75, 3.05) is 26.3 Å². The highest BCUT2D eigenvalue weighted by molar-refractivity contribution is 7.13. The second kappa shape index (κ2) is 10.4. The van der Waals surface area contributed by atoms with E-state index in [1.807, 2.05) is 24.3 Å². The molecule has 1 aromatic carbocycles. The Hall–Kier alpha value is -1.87. The van der Waals surface area contributed by atoms with Crippen LogP contribution in [0.3, 0.4) is 0 Å². The minimum absolute atomic E-state index is 0.164. The van der Waals surface area contributed by atoms with Crippen molar-refractivity contribution >= 4 is 17.2 Å². The van der Waals surface area contributed by atoms with Gasteiger partial charge in [-0.1, -0.05) is 54.0 Å². The Morgan fingerprint density at radius 2 is 1.90 bits per heavy atom. The SMILES string of the molecule is Cc1ccc(CNC(=O)c2nnc(CN[C@@H]3CCCC[C@@H]3N3CCOCC3)s2)cc1. The largest absolute Gasteiger partial charge is 0.379 e. The fraction of sp³-hybridized carbons (Fsp3) is 0.591. The third-order valence-electron chi connectivity index (χ3n) is 5.99. The zero-order valence-corrected chi connectivity index (χ0v) is 18.4. The molecule has 162 valence electrons. The van der Waals surface area contributed by atoms with Gasteiger partial charge in [0.15, 0.2) is 0 Å². The Labute approximate surface area is 182 Å². The molecule has 30 heavy (non-hydrogen) atoms. The molecule has 2 atom stereocenters. The summed E-state index contributed by atoms with van der Waals surface area (Å²) in [6.07, 6.45) is 4.98. The van der Waals surface area contributed by atoms with Crippen molar-refractivity contribution in [2.45, 2.75) is 57.8 Å². The van der Waals surface area contributed by atoms with Crippen LogP contribution in [0.4, 0.5) is 0 Å². The number of morpholine rings is 1. The van der Waals surface area contributed by atoms with E-state index in [1.165, 1.54) is 42.6 Å². The van der Waals surface area contributed by atoms with Crippen molar-refractivity contribution in [1.82, 2.24) is 25.7 Å². The normalized spacial score (nSPS) is 22.7. The van der Waals surface area contributed by atoms with Gasteiger partial charge in [-0.05, 0) is 25.3 Å². The molecule has 1 aliphatic heterocycles. The minimum Gasteiger partial charge on any atom is -0.379 e. The number of amides is 1. The summed E-state index contributed by atoms with van der Waals surface area (Å²) in [5.41, 5.74) is 2.28. The predicted molar refractivity (Wildman–Crippen MR) is 118 cm³/mol. The molecule has 1 saturated heterocycles. The van der Waals surface area contributed by atoms with Gasteiger partial charge in [0.1, 0.15) is 5.01 Å². The van der Waals surface area contributed by atoms with Crippen LogP contribution in [0.2, 0.25) is 0 Å². The lowest BCUT2D eigenvalue weighted by atomic mass is 9.89. The number of hydrogen-bond acceptors (Lipinski definition) is 7. The van der Waals surface area contributed by atoms with Crippen LogP contribution in [-0.2, 0) is 17.8 Å². The van der Waals surface area contributed by atoms with Gasteiger partial charge in [0.2, 0.25) is 5.01 Å². The molecular formula is C22H31N5O2S. The van der Waals surface area contributed by atoms with Crippen LogP contribution in [0.15, 0.2) is 24.3 Å². The predicted octanol–water partition coefficient (Wildman–Crippen LogP) is 2.51. The monoisotopic (exact) mass is 429 g/mol. The first-order valence-corrected chi connectivity index (χ1v) is 11.7. The summed E-state index contributed by atoms with van der Waals surface area (Å²) in [6.45, 7) is 6.92. The maximum absolute atomic E-state index is 12.4. The average molecular weight is 430 g/mol. The van der Waals surface area contributed by atoms with Crippen molar-refractivity contribution in [2.24, 2.45) is 0 Å². The zero-order chi connectivity index (χ0) is 20.8. The van der Waals surface area contributed by atoms with Crippen LogP contribution < -0.4 is 10.6 Å². The molecule has 0 radical (unpaired) electrons. The Balaban J connectivity index is 1.28. The molecule has 2 aliphatic rings. The number of rotatable bonds is 7. The van der Waals surface area contributed by atoms with Gasteiger partial charge in [-0.2, -0.15) is 0 Å². The van der Waals surface area contributed by atoms with Gasteiger partial charge in [0, 0.05) is 31.7 Å². The first-order valence-electron chi connectivity index (χ1n) is 10.9. The number of hydrogen-bond donors (Lipinski definition) is 2. The van der Waals surface area contributed by atoms with E-state index in [9.17, 15) is 4.79 Å². The van der Waals surface area contributed by atoms with E-state index < -0.39 is 0 Å². The van der Waals surface area contributed by atoms with Crippen molar-refractivity contribution in [3.63, 3.8) is 0 Å². The van der Waals surface area contributed by atoms with Gasteiger partial charge in [-0.3, -0.25) is 9.69 Å². The molecule has 0 spiro atoms. The molecule has 2 aromatic rings. The minimum atomic E-state index is -0.164. The van der Waals surface area contributed by atoms with E-state index in [0.29, 0.717) is 30.2 Å². The van der Waals surface area contributed by atoms with E-state index in [1.54, 1.807) is 0 Å². The first kappa shape index (κ1) is 21.4. The first-order chi connectivity index (χ1) is 14.7. The van der Waals surface area contributed by atoms with Crippen LogP contribution in [-0.4, -0.2) is 59.4 Å². The molecule has 1 aliphatic carbocycles. The highest BCUT2D eigenvalue weighted by Gasteiger charge is 2.31. The van der Waals surface area contributed by atoms with Gasteiger partial charge < -0.3 is 15.4 Å². The average Bonchev–Trinajstić information content (AvgIpc) is 3.27. The highest BCUT2D eigenvalue weighted by atomic mass is 32.1. The number of benzene rings is 1. The number of carbonyl (C=O) groups is 1. The maximum atomic E-state index is 12.4. The van der Waals surface area contributed by atoms with Gasteiger partial charge in [-0.15, -0.1) is 10.2 Å². The summed E-state index contributed by atoms with van der Waals surface area (Å²) in [5.74, 6) is -0.164. The molecule has 7 nitrogen and oxygen atoms in total. The van der Waals surface area contributed by atoms with Crippen molar-refractivity contribution in [1.29, 1.82) is 0 Å². The van der Waals surface area contributed by atoms with Crippen LogP contribution in [0.5, 0.6) is 0 Å². The molecule has 4 rings (SSSR count). The smallest absolute Gasteiger partial charge is 0.282 e. The molecule has 1 amide bonds. The third-order valence-corrected chi connectivity index (χ3v) is 6.92. The topological polar surface area (TPSA) is 79.4 Å². The number of nitrogens with zero attached hydrogens (tertiary/aromatic N) is 3. The van der Waals surface area contributed by atoms with Crippen LogP contribution >= 0.6 is 11.3 Å². The summed E-state index contributed by atoms with van der Waals surface area (Å²) in [5, 5.41) is 16.3. The Morgan fingerprint density at radius 3 is 2.70 bits per heavy atom. The molecular weight excluding hydrogens is 398 g/mol. The lowest BCUT2D eigenvalue weighted by Crippen LogP contribution is -2.54. The van der Waals surface area contributed by atoms with E-state index in [2.05, 4.69) is 32.7 Å². The van der Waals surface area contributed by atoms with Crippen LogP contribution in [0, 0.1) is 6.92 Å². The van der Waals surface area contributed by atoms with Crippen molar-refractivity contribution in [3.8, 4) is 0 Å².